The third kappa shape index (κ3) is 4.23. The van der Waals surface area contributed by atoms with Gasteiger partial charge in [-0.05, 0) is 80.6 Å². The smallest absolute Gasteiger partial charge is 0.227 e. The second-order valence-electron chi connectivity index (χ2n) is 7.40. The summed E-state index contributed by atoms with van der Waals surface area (Å²) in [5.74, 6) is 0.596. The molecule has 0 unspecified atom stereocenters. The summed E-state index contributed by atoms with van der Waals surface area (Å²) in [6.07, 6.45) is 3.59. The number of pyridine rings is 2. The topological polar surface area (TPSA) is 75.9 Å². The molecule has 0 fully saturated rings. The highest BCUT2D eigenvalue weighted by molar-refractivity contribution is 5.81. The maximum atomic E-state index is 5.97. The molecule has 152 valence electrons. The van der Waals surface area contributed by atoms with Crippen LogP contribution < -0.4 is 10.6 Å². The lowest BCUT2D eigenvalue weighted by atomic mass is 10.2. The summed E-state index contributed by atoms with van der Waals surface area (Å²) in [4.78, 5) is 13.1. The number of nitrogens with zero attached hydrogens (tertiary/aromatic N) is 3. The summed E-state index contributed by atoms with van der Waals surface area (Å²) in [7, 11) is 0. The Morgan fingerprint density at radius 1 is 0.645 bits per heavy atom. The highest BCUT2D eigenvalue weighted by Crippen LogP contribution is 2.28. The predicted molar refractivity (Wildman–Crippen MR) is 124 cm³/mol. The van der Waals surface area contributed by atoms with Crippen molar-refractivity contribution in [2.45, 2.75) is 13.8 Å². The molecule has 0 saturated heterocycles. The van der Waals surface area contributed by atoms with Crippen molar-refractivity contribution in [1.82, 2.24) is 15.0 Å². The summed E-state index contributed by atoms with van der Waals surface area (Å²) in [5.41, 5.74) is 8.35. The minimum absolute atomic E-state index is 0.596. The monoisotopic (exact) mass is 407 g/mol. The van der Waals surface area contributed by atoms with E-state index in [9.17, 15) is 0 Å². The zero-order chi connectivity index (χ0) is 21.2. The Labute approximate surface area is 180 Å². The van der Waals surface area contributed by atoms with Crippen LogP contribution in [-0.2, 0) is 0 Å². The van der Waals surface area contributed by atoms with Gasteiger partial charge in [-0.15, -0.1) is 0 Å². The second-order valence-corrected chi connectivity index (χ2v) is 7.40. The Kier molecular flexibility index (Phi) is 4.80. The van der Waals surface area contributed by atoms with E-state index in [4.69, 9.17) is 4.42 Å². The lowest BCUT2D eigenvalue weighted by Gasteiger charge is -2.07. The number of benzene rings is 2. The molecule has 0 aliphatic heterocycles. The first-order valence-corrected chi connectivity index (χ1v) is 10.0. The number of anilines is 4. The SMILES string of the molecule is Cc1cc(Nc2ccc(-c3nc4cc(Nc5ccnc(C)c5)ccc4o3)cc2)ccn1. The third-order valence-corrected chi connectivity index (χ3v) is 4.89. The molecule has 5 aromatic rings. The maximum Gasteiger partial charge on any atom is 0.227 e. The molecular weight excluding hydrogens is 386 g/mol. The summed E-state index contributed by atoms with van der Waals surface area (Å²) < 4.78 is 5.97. The van der Waals surface area contributed by atoms with Gasteiger partial charge < -0.3 is 15.1 Å². The summed E-state index contributed by atoms with van der Waals surface area (Å²) >= 11 is 0. The average molecular weight is 407 g/mol. The fourth-order valence-corrected chi connectivity index (χ4v) is 3.40. The first kappa shape index (κ1) is 18.8. The molecule has 2 aromatic carbocycles. The number of hydrogen-bond donors (Lipinski definition) is 2. The van der Waals surface area contributed by atoms with Gasteiger partial charge in [0.05, 0.1) is 0 Å². The normalized spacial score (nSPS) is 10.9. The van der Waals surface area contributed by atoms with Gasteiger partial charge in [-0.2, -0.15) is 0 Å². The fraction of sp³-hybridized carbons (Fsp3) is 0.0800. The molecule has 0 aliphatic carbocycles. The standard InChI is InChI=1S/C25H21N5O/c1-16-13-21(9-11-26-16)28-19-5-3-18(4-6-19)25-30-23-15-20(7-8-24(23)31-25)29-22-10-12-27-17(2)14-22/h3-15H,1-2H3,(H,26,28)(H,27,29). The van der Waals surface area contributed by atoms with Crippen LogP contribution in [0.2, 0.25) is 0 Å². The minimum Gasteiger partial charge on any atom is -0.436 e. The van der Waals surface area contributed by atoms with Crippen molar-refractivity contribution in [2.24, 2.45) is 0 Å². The quantitative estimate of drug-likeness (QED) is 0.352. The van der Waals surface area contributed by atoms with Gasteiger partial charge in [0.25, 0.3) is 0 Å². The van der Waals surface area contributed by atoms with E-state index >= 15 is 0 Å². The van der Waals surface area contributed by atoms with Gasteiger partial charge in [-0.25, -0.2) is 4.98 Å². The van der Waals surface area contributed by atoms with E-state index in [0.717, 1.165) is 50.8 Å². The molecule has 0 saturated carbocycles. The van der Waals surface area contributed by atoms with Gasteiger partial charge in [0.1, 0.15) is 5.52 Å². The molecule has 0 spiro atoms. The number of hydrogen-bond acceptors (Lipinski definition) is 6. The third-order valence-electron chi connectivity index (χ3n) is 4.89. The summed E-state index contributed by atoms with van der Waals surface area (Å²) in [5, 5.41) is 6.77. The minimum atomic E-state index is 0.596. The Morgan fingerprint density at radius 3 is 1.87 bits per heavy atom. The van der Waals surface area contributed by atoms with Gasteiger partial charge in [0, 0.05) is 52.1 Å². The molecular formula is C25H21N5O. The molecule has 0 aliphatic rings. The number of nitrogens with one attached hydrogen (secondary N) is 2. The zero-order valence-electron chi connectivity index (χ0n) is 17.3. The van der Waals surface area contributed by atoms with Crippen molar-refractivity contribution >= 4 is 33.8 Å². The van der Waals surface area contributed by atoms with Crippen molar-refractivity contribution in [2.75, 3.05) is 10.6 Å². The van der Waals surface area contributed by atoms with E-state index in [1.54, 1.807) is 12.4 Å². The van der Waals surface area contributed by atoms with Crippen LogP contribution in [0.3, 0.4) is 0 Å². The first-order valence-electron chi connectivity index (χ1n) is 10.0. The van der Waals surface area contributed by atoms with Gasteiger partial charge in [-0.1, -0.05) is 0 Å². The van der Waals surface area contributed by atoms with E-state index in [1.165, 1.54) is 0 Å². The van der Waals surface area contributed by atoms with Crippen LogP contribution in [0, 0.1) is 13.8 Å². The fourth-order valence-electron chi connectivity index (χ4n) is 3.40. The maximum absolute atomic E-state index is 5.97. The first-order chi connectivity index (χ1) is 15.1. The Hall–Kier alpha value is -4.19. The van der Waals surface area contributed by atoms with Crippen LogP contribution >= 0.6 is 0 Å². The molecule has 3 heterocycles. The molecule has 31 heavy (non-hydrogen) atoms. The Morgan fingerprint density at radius 2 is 1.23 bits per heavy atom. The van der Waals surface area contributed by atoms with E-state index in [0.29, 0.717) is 5.89 Å². The van der Waals surface area contributed by atoms with Crippen molar-refractivity contribution in [3.05, 3.63) is 90.5 Å². The van der Waals surface area contributed by atoms with E-state index in [-0.39, 0.29) is 0 Å². The average Bonchev–Trinajstić information content (AvgIpc) is 3.18. The number of aromatic nitrogens is 3. The highest BCUT2D eigenvalue weighted by atomic mass is 16.3. The van der Waals surface area contributed by atoms with Crippen molar-refractivity contribution in [1.29, 1.82) is 0 Å². The van der Waals surface area contributed by atoms with E-state index in [1.807, 2.05) is 80.6 Å². The summed E-state index contributed by atoms with van der Waals surface area (Å²) in [6.45, 7) is 3.94. The highest BCUT2D eigenvalue weighted by Gasteiger charge is 2.09. The number of oxazole rings is 1. The van der Waals surface area contributed by atoms with E-state index in [2.05, 4.69) is 25.6 Å². The molecule has 0 atom stereocenters. The van der Waals surface area contributed by atoms with Crippen molar-refractivity contribution < 1.29 is 4.42 Å². The largest absolute Gasteiger partial charge is 0.436 e. The molecule has 6 nitrogen and oxygen atoms in total. The number of aryl methyl sites for hydroxylation is 2. The second kappa shape index (κ2) is 7.91. The molecule has 3 aromatic heterocycles. The van der Waals surface area contributed by atoms with E-state index < -0.39 is 0 Å². The van der Waals surface area contributed by atoms with Crippen LogP contribution in [0.25, 0.3) is 22.6 Å². The van der Waals surface area contributed by atoms with Gasteiger partial charge in [-0.3, -0.25) is 9.97 Å². The number of fused-ring (bicyclic) bond motifs is 1. The Bertz CT molecular complexity index is 1360. The molecule has 0 bridgehead atoms. The predicted octanol–water partition coefficient (Wildman–Crippen LogP) is 6.39. The Balaban J connectivity index is 1.36. The summed E-state index contributed by atoms with van der Waals surface area (Å²) in [6, 6.07) is 21.8. The van der Waals surface area contributed by atoms with Gasteiger partial charge in [0.2, 0.25) is 5.89 Å². The van der Waals surface area contributed by atoms with Gasteiger partial charge in [0.15, 0.2) is 5.58 Å². The molecule has 0 radical (unpaired) electrons. The van der Waals surface area contributed by atoms with Gasteiger partial charge >= 0.3 is 0 Å². The lowest BCUT2D eigenvalue weighted by Crippen LogP contribution is -1.91. The molecule has 5 rings (SSSR count). The van der Waals surface area contributed by atoms with Crippen LogP contribution in [0.15, 0.2) is 83.5 Å². The molecule has 6 heteroatoms. The van der Waals surface area contributed by atoms with Crippen LogP contribution in [0.5, 0.6) is 0 Å². The zero-order valence-corrected chi connectivity index (χ0v) is 17.3. The van der Waals surface area contributed by atoms with Crippen molar-refractivity contribution in [3.63, 3.8) is 0 Å². The van der Waals surface area contributed by atoms with Crippen LogP contribution in [-0.4, -0.2) is 15.0 Å². The van der Waals surface area contributed by atoms with Crippen molar-refractivity contribution in [3.8, 4) is 11.5 Å². The lowest BCUT2D eigenvalue weighted by molar-refractivity contribution is 0.620. The van der Waals surface area contributed by atoms with Crippen LogP contribution in [0.1, 0.15) is 11.4 Å². The number of rotatable bonds is 5. The molecule has 2 N–H and O–H groups in total. The molecule has 0 amide bonds. The van der Waals surface area contributed by atoms with Crippen LogP contribution in [0.4, 0.5) is 22.7 Å².